The standard InChI is InChI=1S/C9H10BrNO4/c1-5(9(14)15-2)11-4-6(10)3-7(11)8(12)13/h3-5H,1-2H3,(H,12,13). The van der Waals surface area contributed by atoms with Gasteiger partial charge in [-0.05, 0) is 28.9 Å². The van der Waals surface area contributed by atoms with Gasteiger partial charge in [-0.3, -0.25) is 0 Å². The van der Waals surface area contributed by atoms with E-state index in [-0.39, 0.29) is 5.69 Å². The van der Waals surface area contributed by atoms with E-state index in [1.54, 1.807) is 6.92 Å². The van der Waals surface area contributed by atoms with Crippen LogP contribution in [-0.2, 0) is 9.53 Å². The maximum atomic E-state index is 11.2. The zero-order valence-corrected chi connectivity index (χ0v) is 9.82. The number of carbonyl (C=O) groups excluding carboxylic acids is 1. The number of aromatic nitrogens is 1. The SMILES string of the molecule is COC(=O)C(C)n1cc(Br)cc1C(=O)O. The minimum atomic E-state index is -1.09. The van der Waals surface area contributed by atoms with Crippen molar-refractivity contribution in [2.75, 3.05) is 7.11 Å². The Morgan fingerprint density at radius 3 is 2.67 bits per heavy atom. The molecule has 0 aliphatic rings. The molecule has 1 heterocycles. The first-order valence-corrected chi connectivity index (χ1v) is 4.95. The smallest absolute Gasteiger partial charge is 0.352 e. The maximum Gasteiger partial charge on any atom is 0.352 e. The summed E-state index contributed by atoms with van der Waals surface area (Å²) in [4.78, 5) is 22.1. The molecule has 1 unspecified atom stereocenters. The van der Waals surface area contributed by atoms with Crippen LogP contribution in [0.4, 0.5) is 0 Å². The van der Waals surface area contributed by atoms with Crippen LogP contribution in [0.2, 0.25) is 0 Å². The van der Waals surface area contributed by atoms with E-state index < -0.39 is 18.0 Å². The highest BCUT2D eigenvalue weighted by molar-refractivity contribution is 9.10. The van der Waals surface area contributed by atoms with Crippen molar-refractivity contribution in [1.82, 2.24) is 4.57 Å². The molecule has 1 atom stereocenters. The Morgan fingerprint density at radius 1 is 1.60 bits per heavy atom. The van der Waals surface area contributed by atoms with E-state index in [1.165, 1.54) is 23.9 Å². The molecule has 5 nitrogen and oxygen atoms in total. The number of hydrogen-bond acceptors (Lipinski definition) is 3. The van der Waals surface area contributed by atoms with Gasteiger partial charge in [0.15, 0.2) is 0 Å². The van der Waals surface area contributed by atoms with Gasteiger partial charge in [0.1, 0.15) is 11.7 Å². The van der Waals surface area contributed by atoms with Crippen LogP contribution in [0.25, 0.3) is 0 Å². The summed E-state index contributed by atoms with van der Waals surface area (Å²) >= 11 is 3.15. The number of ether oxygens (including phenoxy) is 1. The van der Waals surface area contributed by atoms with Crippen molar-refractivity contribution in [2.24, 2.45) is 0 Å². The summed E-state index contributed by atoms with van der Waals surface area (Å²) in [6, 6.07) is 0.772. The van der Waals surface area contributed by atoms with E-state index in [4.69, 9.17) is 5.11 Å². The number of hydrogen-bond donors (Lipinski definition) is 1. The van der Waals surface area contributed by atoms with Gasteiger partial charge in [0.2, 0.25) is 0 Å². The lowest BCUT2D eigenvalue weighted by molar-refractivity contribution is -0.144. The average molecular weight is 276 g/mol. The number of carbonyl (C=O) groups is 2. The van der Waals surface area contributed by atoms with Crippen LogP contribution in [0.15, 0.2) is 16.7 Å². The predicted octanol–water partition coefficient (Wildman–Crippen LogP) is 1.68. The third-order valence-electron chi connectivity index (χ3n) is 1.99. The molecule has 0 spiro atoms. The molecule has 0 fully saturated rings. The Balaban J connectivity index is 3.12. The minimum Gasteiger partial charge on any atom is -0.477 e. The minimum absolute atomic E-state index is 0.0415. The molecular formula is C9H10BrNO4. The molecule has 1 N–H and O–H groups in total. The molecule has 0 saturated carbocycles. The topological polar surface area (TPSA) is 68.5 Å². The highest BCUT2D eigenvalue weighted by atomic mass is 79.9. The Hall–Kier alpha value is -1.30. The lowest BCUT2D eigenvalue weighted by atomic mass is 10.3. The average Bonchev–Trinajstić information content (AvgIpc) is 2.58. The number of rotatable bonds is 3. The summed E-state index contributed by atoms with van der Waals surface area (Å²) in [6.07, 6.45) is 1.53. The fourth-order valence-corrected chi connectivity index (χ4v) is 1.66. The number of esters is 1. The largest absolute Gasteiger partial charge is 0.477 e. The summed E-state index contributed by atoms with van der Waals surface area (Å²) < 4.78 is 6.49. The number of aromatic carboxylic acids is 1. The van der Waals surface area contributed by atoms with Gasteiger partial charge in [0, 0.05) is 10.7 Å². The third kappa shape index (κ3) is 2.38. The van der Waals surface area contributed by atoms with Crippen LogP contribution in [0.1, 0.15) is 23.5 Å². The number of carboxylic acid groups (broad SMARTS) is 1. The highest BCUT2D eigenvalue weighted by Gasteiger charge is 2.21. The van der Waals surface area contributed by atoms with Gasteiger partial charge >= 0.3 is 11.9 Å². The van der Waals surface area contributed by atoms with E-state index in [1.807, 2.05) is 0 Å². The Kier molecular flexibility index (Phi) is 3.52. The first-order chi connectivity index (χ1) is 6.97. The third-order valence-corrected chi connectivity index (χ3v) is 2.43. The van der Waals surface area contributed by atoms with Gasteiger partial charge in [-0.25, -0.2) is 9.59 Å². The number of methoxy groups -OCH3 is 1. The van der Waals surface area contributed by atoms with E-state index in [2.05, 4.69) is 20.7 Å². The van der Waals surface area contributed by atoms with Crippen LogP contribution < -0.4 is 0 Å². The van der Waals surface area contributed by atoms with Gasteiger partial charge in [-0.1, -0.05) is 0 Å². The van der Waals surface area contributed by atoms with Crippen molar-refractivity contribution in [2.45, 2.75) is 13.0 Å². The van der Waals surface area contributed by atoms with Gasteiger partial charge < -0.3 is 14.4 Å². The molecular weight excluding hydrogens is 266 g/mol. The van der Waals surface area contributed by atoms with Crippen molar-refractivity contribution in [3.63, 3.8) is 0 Å². The van der Waals surface area contributed by atoms with Crippen LogP contribution >= 0.6 is 15.9 Å². The molecule has 15 heavy (non-hydrogen) atoms. The summed E-state index contributed by atoms with van der Waals surface area (Å²) in [7, 11) is 1.26. The first kappa shape index (κ1) is 11.8. The lowest BCUT2D eigenvalue weighted by Crippen LogP contribution is -2.20. The second-order valence-electron chi connectivity index (χ2n) is 2.96. The highest BCUT2D eigenvalue weighted by Crippen LogP contribution is 2.20. The second kappa shape index (κ2) is 4.48. The first-order valence-electron chi connectivity index (χ1n) is 4.16. The van der Waals surface area contributed by atoms with Gasteiger partial charge in [0.05, 0.1) is 7.11 Å². The van der Waals surface area contributed by atoms with E-state index in [0.717, 1.165) is 0 Å². The molecule has 1 rings (SSSR count). The Morgan fingerprint density at radius 2 is 2.20 bits per heavy atom. The zero-order chi connectivity index (χ0) is 11.6. The van der Waals surface area contributed by atoms with Crippen LogP contribution in [0, 0.1) is 0 Å². The fourth-order valence-electron chi connectivity index (χ4n) is 1.22. The molecule has 1 aromatic rings. The monoisotopic (exact) mass is 275 g/mol. The normalized spacial score (nSPS) is 12.2. The van der Waals surface area contributed by atoms with E-state index in [0.29, 0.717) is 4.47 Å². The van der Waals surface area contributed by atoms with Crippen LogP contribution in [0.5, 0.6) is 0 Å². The quantitative estimate of drug-likeness (QED) is 0.853. The number of halogens is 1. The van der Waals surface area contributed by atoms with Crippen LogP contribution in [0.3, 0.4) is 0 Å². The van der Waals surface area contributed by atoms with Crippen molar-refractivity contribution >= 4 is 27.9 Å². The molecule has 0 aliphatic carbocycles. The number of carboxylic acids is 1. The Bertz CT molecular complexity index is 399. The molecule has 0 radical (unpaired) electrons. The van der Waals surface area contributed by atoms with E-state index >= 15 is 0 Å². The van der Waals surface area contributed by atoms with Gasteiger partial charge in [-0.2, -0.15) is 0 Å². The molecule has 1 aromatic heterocycles. The predicted molar refractivity (Wildman–Crippen MR) is 55.8 cm³/mol. The molecule has 0 amide bonds. The molecule has 82 valence electrons. The molecule has 0 bridgehead atoms. The second-order valence-corrected chi connectivity index (χ2v) is 3.87. The summed E-state index contributed by atoms with van der Waals surface area (Å²) in [5.41, 5.74) is 0.0415. The molecule has 0 saturated heterocycles. The molecule has 0 aromatic carbocycles. The zero-order valence-electron chi connectivity index (χ0n) is 8.23. The van der Waals surface area contributed by atoms with Crippen molar-refractivity contribution in [3.05, 3.63) is 22.4 Å². The summed E-state index contributed by atoms with van der Waals surface area (Å²) in [5, 5.41) is 8.89. The summed E-state index contributed by atoms with van der Waals surface area (Å²) in [5.74, 6) is -1.57. The van der Waals surface area contributed by atoms with Crippen molar-refractivity contribution in [1.29, 1.82) is 0 Å². The number of nitrogens with zero attached hydrogens (tertiary/aromatic N) is 1. The fraction of sp³-hybridized carbons (Fsp3) is 0.333. The van der Waals surface area contributed by atoms with Crippen molar-refractivity contribution in [3.8, 4) is 0 Å². The lowest BCUT2D eigenvalue weighted by Gasteiger charge is -2.12. The van der Waals surface area contributed by atoms with Gasteiger partial charge in [-0.15, -0.1) is 0 Å². The molecule has 0 aliphatic heterocycles. The van der Waals surface area contributed by atoms with Crippen molar-refractivity contribution < 1.29 is 19.4 Å². The van der Waals surface area contributed by atoms with Crippen LogP contribution in [-0.4, -0.2) is 28.7 Å². The maximum absolute atomic E-state index is 11.2. The van der Waals surface area contributed by atoms with Gasteiger partial charge in [0.25, 0.3) is 0 Å². The summed E-state index contributed by atoms with van der Waals surface area (Å²) in [6.45, 7) is 1.57. The molecule has 6 heteroatoms. The Labute approximate surface area is 94.8 Å². The van der Waals surface area contributed by atoms with E-state index in [9.17, 15) is 9.59 Å².